The van der Waals surface area contributed by atoms with E-state index in [0.29, 0.717) is 10.8 Å². The Hall–Kier alpha value is -1.75. The van der Waals surface area contributed by atoms with Crippen molar-refractivity contribution in [3.63, 3.8) is 0 Å². The Morgan fingerprint density at radius 1 is 1.00 bits per heavy atom. The highest BCUT2D eigenvalue weighted by molar-refractivity contribution is 7.89. The van der Waals surface area contributed by atoms with Gasteiger partial charge in [0.15, 0.2) is 5.11 Å². The van der Waals surface area contributed by atoms with Gasteiger partial charge in [-0.05, 0) is 55.9 Å². The number of rotatable bonds is 13. The molecule has 0 amide bonds. The SMILES string of the molecule is NS(=O)(=O)c1ccc(NC(=S)NCCCCCCCCNCC(=O)O)cc1. The third-order valence-corrected chi connectivity index (χ3v) is 4.96. The van der Waals surface area contributed by atoms with E-state index in [1.807, 2.05) is 0 Å². The molecular weight excluding hydrogens is 388 g/mol. The number of hydrogen-bond acceptors (Lipinski definition) is 5. The third-order valence-electron chi connectivity index (χ3n) is 3.78. The number of thiocarbonyl (C=S) groups is 1. The van der Waals surface area contributed by atoms with Crippen LogP contribution in [-0.2, 0) is 14.8 Å². The Bertz CT molecular complexity index is 693. The van der Waals surface area contributed by atoms with Gasteiger partial charge in [0.05, 0.1) is 11.4 Å². The fourth-order valence-electron chi connectivity index (χ4n) is 2.38. The first-order valence-electron chi connectivity index (χ1n) is 8.89. The van der Waals surface area contributed by atoms with Crippen LogP contribution in [0.2, 0.25) is 0 Å². The van der Waals surface area contributed by atoms with E-state index < -0.39 is 16.0 Å². The highest BCUT2D eigenvalue weighted by Gasteiger charge is 2.07. The molecule has 10 heteroatoms. The first-order valence-corrected chi connectivity index (χ1v) is 10.8. The summed E-state index contributed by atoms with van der Waals surface area (Å²) in [4.78, 5) is 10.4. The summed E-state index contributed by atoms with van der Waals surface area (Å²) in [5.74, 6) is -0.824. The number of nitrogens with two attached hydrogens (primary N) is 1. The van der Waals surface area contributed by atoms with Crippen LogP contribution < -0.4 is 21.1 Å². The molecular formula is C17H28N4O4S2. The molecule has 1 aromatic carbocycles. The van der Waals surface area contributed by atoms with Crippen molar-refractivity contribution in [1.29, 1.82) is 0 Å². The minimum atomic E-state index is -3.69. The van der Waals surface area contributed by atoms with Gasteiger partial charge in [-0.2, -0.15) is 0 Å². The zero-order valence-electron chi connectivity index (χ0n) is 15.2. The molecule has 8 nitrogen and oxygen atoms in total. The summed E-state index contributed by atoms with van der Waals surface area (Å²) in [5, 5.41) is 23.0. The van der Waals surface area contributed by atoms with Gasteiger partial charge >= 0.3 is 5.97 Å². The highest BCUT2D eigenvalue weighted by atomic mass is 32.2. The number of sulfonamides is 1. The van der Waals surface area contributed by atoms with Crippen LogP contribution in [0.5, 0.6) is 0 Å². The van der Waals surface area contributed by atoms with Gasteiger partial charge in [0, 0.05) is 12.2 Å². The predicted octanol–water partition coefficient (Wildman–Crippen LogP) is 1.64. The Morgan fingerprint density at radius 2 is 1.56 bits per heavy atom. The summed E-state index contributed by atoms with van der Waals surface area (Å²) in [7, 11) is -3.69. The van der Waals surface area contributed by atoms with E-state index in [1.54, 1.807) is 12.1 Å². The summed E-state index contributed by atoms with van der Waals surface area (Å²) >= 11 is 5.21. The summed E-state index contributed by atoms with van der Waals surface area (Å²) in [6, 6.07) is 6.08. The molecule has 152 valence electrons. The molecule has 0 unspecified atom stereocenters. The number of hydrogen-bond donors (Lipinski definition) is 5. The van der Waals surface area contributed by atoms with Crippen molar-refractivity contribution in [2.75, 3.05) is 25.0 Å². The average Bonchev–Trinajstić information content (AvgIpc) is 2.59. The Balaban J connectivity index is 2.04. The van der Waals surface area contributed by atoms with Crippen LogP contribution in [0.3, 0.4) is 0 Å². The normalized spacial score (nSPS) is 11.1. The molecule has 0 spiro atoms. The van der Waals surface area contributed by atoms with Gasteiger partial charge in [0.1, 0.15) is 0 Å². The summed E-state index contributed by atoms with van der Waals surface area (Å²) in [6.07, 6.45) is 6.45. The minimum Gasteiger partial charge on any atom is -0.480 e. The van der Waals surface area contributed by atoms with Crippen LogP contribution in [0.15, 0.2) is 29.2 Å². The molecule has 0 fully saturated rings. The number of unbranched alkanes of at least 4 members (excludes halogenated alkanes) is 5. The molecule has 0 aliphatic rings. The van der Waals surface area contributed by atoms with E-state index in [-0.39, 0.29) is 11.4 Å². The molecule has 0 radical (unpaired) electrons. The lowest BCUT2D eigenvalue weighted by molar-refractivity contribution is -0.135. The maximum absolute atomic E-state index is 11.2. The van der Waals surface area contributed by atoms with Crippen molar-refractivity contribution >= 4 is 39.0 Å². The number of carboxylic acids is 1. The number of benzene rings is 1. The minimum absolute atomic E-state index is 0.0237. The Kier molecular flexibility index (Phi) is 10.9. The fraction of sp³-hybridized carbons (Fsp3) is 0.529. The van der Waals surface area contributed by atoms with Crippen molar-refractivity contribution in [2.45, 2.75) is 43.4 Å². The number of anilines is 1. The number of aliphatic carboxylic acids is 1. The molecule has 27 heavy (non-hydrogen) atoms. The molecule has 1 rings (SSSR count). The quantitative estimate of drug-likeness (QED) is 0.242. The van der Waals surface area contributed by atoms with Gasteiger partial charge in [-0.15, -0.1) is 0 Å². The van der Waals surface area contributed by atoms with Crippen molar-refractivity contribution in [2.24, 2.45) is 5.14 Å². The van der Waals surface area contributed by atoms with Crippen LogP contribution in [-0.4, -0.2) is 44.2 Å². The second-order valence-electron chi connectivity index (χ2n) is 6.14. The summed E-state index contributed by atoms with van der Waals surface area (Å²) in [5.41, 5.74) is 0.691. The van der Waals surface area contributed by atoms with Gasteiger partial charge in [-0.25, -0.2) is 13.6 Å². The molecule has 0 bridgehead atoms. The van der Waals surface area contributed by atoms with Gasteiger partial charge in [-0.1, -0.05) is 25.7 Å². The summed E-state index contributed by atoms with van der Waals surface area (Å²) < 4.78 is 22.4. The van der Waals surface area contributed by atoms with E-state index in [9.17, 15) is 13.2 Å². The lowest BCUT2D eigenvalue weighted by Gasteiger charge is -2.11. The number of nitrogens with one attached hydrogen (secondary N) is 3. The van der Waals surface area contributed by atoms with E-state index in [2.05, 4.69) is 16.0 Å². The Labute approximate surface area is 166 Å². The molecule has 1 aromatic rings. The van der Waals surface area contributed by atoms with Crippen LogP contribution in [0.4, 0.5) is 5.69 Å². The van der Waals surface area contributed by atoms with Gasteiger partial charge in [0.25, 0.3) is 0 Å². The fourth-order valence-corrected chi connectivity index (χ4v) is 3.12. The van der Waals surface area contributed by atoms with Crippen molar-refractivity contribution in [1.82, 2.24) is 10.6 Å². The standard InChI is InChI=1S/C17H28N4O4S2/c18-27(24,25)15-9-7-14(8-10-15)21-17(26)20-12-6-4-2-1-3-5-11-19-13-16(22)23/h7-10,19H,1-6,11-13H2,(H,22,23)(H2,18,24,25)(H2,20,21,26). The largest absolute Gasteiger partial charge is 0.480 e. The van der Waals surface area contributed by atoms with Crippen LogP contribution in [0.1, 0.15) is 38.5 Å². The number of primary sulfonamides is 1. The molecule has 0 aromatic heterocycles. The molecule has 0 saturated carbocycles. The van der Waals surface area contributed by atoms with Crippen molar-refractivity contribution in [3.05, 3.63) is 24.3 Å². The second-order valence-corrected chi connectivity index (χ2v) is 8.11. The topological polar surface area (TPSA) is 134 Å². The van der Waals surface area contributed by atoms with Crippen molar-refractivity contribution in [3.8, 4) is 0 Å². The predicted molar refractivity (Wildman–Crippen MR) is 110 cm³/mol. The van der Waals surface area contributed by atoms with Gasteiger partial charge in [0.2, 0.25) is 10.0 Å². The first kappa shape index (κ1) is 23.3. The zero-order valence-corrected chi connectivity index (χ0v) is 16.9. The highest BCUT2D eigenvalue weighted by Crippen LogP contribution is 2.12. The molecule has 0 saturated heterocycles. The summed E-state index contributed by atoms with van der Waals surface area (Å²) in [6.45, 7) is 1.53. The zero-order chi connectivity index (χ0) is 20.1. The van der Waals surface area contributed by atoms with Crippen molar-refractivity contribution < 1.29 is 18.3 Å². The van der Waals surface area contributed by atoms with Crippen LogP contribution in [0.25, 0.3) is 0 Å². The lowest BCUT2D eigenvalue weighted by atomic mass is 10.1. The lowest BCUT2D eigenvalue weighted by Crippen LogP contribution is -2.29. The van der Waals surface area contributed by atoms with E-state index >= 15 is 0 Å². The maximum atomic E-state index is 11.2. The first-order chi connectivity index (χ1) is 12.8. The van der Waals surface area contributed by atoms with Crippen LogP contribution >= 0.6 is 12.2 Å². The van der Waals surface area contributed by atoms with E-state index in [0.717, 1.165) is 51.6 Å². The third kappa shape index (κ3) is 11.5. The average molecular weight is 417 g/mol. The molecule has 0 atom stereocenters. The smallest absolute Gasteiger partial charge is 0.317 e. The molecule has 0 heterocycles. The molecule has 0 aliphatic heterocycles. The van der Waals surface area contributed by atoms with Gasteiger partial charge < -0.3 is 21.1 Å². The van der Waals surface area contributed by atoms with E-state index in [4.69, 9.17) is 22.5 Å². The monoisotopic (exact) mass is 416 g/mol. The molecule has 6 N–H and O–H groups in total. The maximum Gasteiger partial charge on any atom is 0.317 e. The number of carbonyl (C=O) groups is 1. The Morgan fingerprint density at radius 3 is 2.11 bits per heavy atom. The second kappa shape index (κ2) is 12.6. The number of carboxylic acid groups (broad SMARTS) is 1. The van der Waals surface area contributed by atoms with Gasteiger partial charge in [-0.3, -0.25) is 4.79 Å². The van der Waals surface area contributed by atoms with E-state index in [1.165, 1.54) is 12.1 Å². The van der Waals surface area contributed by atoms with Crippen LogP contribution in [0, 0.1) is 0 Å². The molecule has 0 aliphatic carbocycles.